The normalized spacial score (nSPS) is 14.7. The van der Waals surface area contributed by atoms with Crippen LogP contribution in [-0.2, 0) is 16.1 Å². The van der Waals surface area contributed by atoms with Crippen molar-refractivity contribution in [3.63, 3.8) is 0 Å². The van der Waals surface area contributed by atoms with E-state index in [2.05, 4.69) is 10.6 Å². The lowest BCUT2D eigenvalue weighted by molar-refractivity contribution is -0.138. The maximum Gasteiger partial charge on any atom is 0.338 e. The SMILES string of the molecule is CCOC(=O)C1=C(c2ccccc2)N=c2s/c(=C/c3cn(Cc4ccc(Cl)c(Cl)c4)c4ccccc34)c(=O)n2C1c1ccc(SC)cc1. The highest BCUT2D eigenvalue weighted by molar-refractivity contribution is 7.98. The van der Waals surface area contributed by atoms with Gasteiger partial charge >= 0.3 is 5.97 Å². The van der Waals surface area contributed by atoms with Gasteiger partial charge in [-0.1, -0.05) is 101 Å². The molecule has 1 unspecified atom stereocenters. The number of ether oxygens (including phenoxy) is 1. The van der Waals surface area contributed by atoms with Gasteiger partial charge in [-0.3, -0.25) is 9.36 Å². The Kier molecular flexibility index (Phi) is 9.16. The molecule has 3 heterocycles. The van der Waals surface area contributed by atoms with E-state index in [0.717, 1.165) is 38.1 Å². The Hall–Kier alpha value is -4.34. The summed E-state index contributed by atoms with van der Waals surface area (Å²) in [6, 6.07) is 30.5. The Morgan fingerprint density at radius 1 is 0.979 bits per heavy atom. The fourth-order valence-electron chi connectivity index (χ4n) is 6.04. The number of hydrogen-bond acceptors (Lipinski definition) is 6. The summed E-state index contributed by atoms with van der Waals surface area (Å²) in [6.07, 6.45) is 5.97. The lowest BCUT2D eigenvalue weighted by atomic mass is 9.93. The minimum absolute atomic E-state index is 0.194. The summed E-state index contributed by atoms with van der Waals surface area (Å²) in [5.41, 5.74) is 5.09. The number of thiazole rings is 1. The average molecular weight is 711 g/mol. The number of rotatable bonds is 8. The highest BCUT2D eigenvalue weighted by Crippen LogP contribution is 2.36. The molecule has 1 atom stereocenters. The number of esters is 1. The molecule has 2 aromatic heterocycles. The predicted octanol–water partition coefficient (Wildman–Crippen LogP) is 7.97. The number of para-hydroxylation sites is 1. The van der Waals surface area contributed by atoms with Gasteiger partial charge in [-0.05, 0) is 60.7 Å². The van der Waals surface area contributed by atoms with E-state index in [0.29, 0.717) is 37.2 Å². The van der Waals surface area contributed by atoms with E-state index in [4.69, 9.17) is 32.9 Å². The zero-order chi connectivity index (χ0) is 33.4. The smallest absolute Gasteiger partial charge is 0.338 e. The third kappa shape index (κ3) is 6.05. The van der Waals surface area contributed by atoms with E-state index in [1.54, 1.807) is 29.3 Å². The highest BCUT2D eigenvalue weighted by atomic mass is 35.5. The van der Waals surface area contributed by atoms with Crippen molar-refractivity contribution in [3.8, 4) is 0 Å². The fourth-order valence-corrected chi connectivity index (χ4v) is 7.76. The molecule has 6 nitrogen and oxygen atoms in total. The van der Waals surface area contributed by atoms with Crippen LogP contribution in [0.1, 0.15) is 35.2 Å². The Balaban J connectivity index is 1.43. The summed E-state index contributed by atoms with van der Waals surface area (Å²) in [5.74, 6) is -0.501. The van der Waals surface area contributed by atoms with Crippen LogP contribution < -0.4 is 14.9 Å². The van der Waals surface area contributed by atoms with Gasteiger partial charge in [0.05, 0.1) is 38.5 Å². The minimum atomic E-state index is -0.732. The van der Waals surface area contributed by atoms with Crippen molar-refractivity contribution in [1.82, 2.24) is 9.13 Å². The number of hydrogen-bond donors (Lipinski definition) is 0. The van der Waals surface area contributed by atoms with E-state index < -0.39 is 12.0 Å². The third-order valence-corrected chi connectivity index (χ3v) is 10.7. The maximum absolute atomic E-state index is 14.5. The maximum atomic E-state index is 14.5. The van der Waals surface area contributed by atoms with Crippen molar-refractivity contribution in [1.29, 1.82) is 0 Å². The number of nitrogens with zero attached hydrogens (tertiary/aromatic N) is 3. The Labute approximate surface area is 295 Å². The highest BCUT2D eigenvalue weighted by Gasteiger charge is 2.35. The van der Waals surface area contributed by atoms with E-state index in [1.807, 2.05) is 103 Å². The van der Waals surface area contributed by atoms with Crippen molar-refractivity contribution in [2.24, 2.45) is 4.99 Å². The number of carbonyl (C=O) groups is 1. The summed E-state index contributed by atoms with van der Waals surface area (Å²) in [7, 11) is 0. The molecule has 0 fully saturated rings. The molecule has 1 aliphatic heterocycles. The predicted molar refractivity (Wildman–Crippen MR) is 197 cm³/mol. The molecule has 0 radical (unpaired) electrons. The zero-order valence-corrected chi connectivity index (χ0v) is 29.2. The standard InChI is InChI=1S/C38H29Cl2N3O3S2/c1-3-46-37(45)33-34(24-9-5-4-6-10-24)41-38-43(35(33)25-14-16-27(47-2)17-15-25)36(44)32(48-38)20-26-22-42(31-12-8-7-11-28(26)31)21-23-13-18-29(39)30(40)19-23/h4-20,22,35H,3,21H2,1-2H3/b32-20+. The monoisotopic (exact) mass is 709 g/mol. The van der Waals surface area contributed by atoms with Gasteiger partial charge in [0.25, 0.3) is 5.56 Å². The van der Waals surface area contributed by atoms with Gasteiger partial charge in [0.1, 0.15) is 0 Å². The van der Waals surface area contributed by atoms with Crippen molar-refractivity contribution >= 4 is 74.9 Å². The van der Waals surface area contributed by atoms with Crippen LogP contribution in [0.2, 0.25) is 10.0 Å². The molecular formula is C38H29Cl2N3O3S2. The van der Waals surface area contributed by atoms with Crippen LogP contribution in [0.25, 0.3) is 22.7 Å². The lowest BCUT2D eigenvalue weighted by Gasteiger charge is -2.26. The number of carbonyl (C=O) groups excluding carboxylic acids is 1. The lowest BCUT2D eigenvalue weighted by Crippen LogP contribution is -2.40. The van der Waals surface area contributed by atoms with Crippen LogP contribution in [0.3, 0.4) is 0 Å². The van der Waals surface area contributed by atoms with Crippen LogP contribution >= 0.6 is 46.3 Å². The molecule has 0 saturated carbocycles. The van der Waals surface area contributed by atoms with Gasteiger partial charge in [0.2, 0.25) is 0 Å². The summed E-state index contributed by atoms with van der Waals surface area (Å²) >= 11 is 15.4. The van der Waals surface area contributed by atoms with Crippen molar-refractivity contribution in [2.45, 2.75) is 24.4 Å². The summed E-state index contributed by atoms with van der Waals surface area (Å²) in [6.45, 7) is 2.54. The van der Waals surface area contributed by atoms with Crippen molar-refractivity contribution in [3.05, 3.63) is 161 Å². The van der Waals surface area contributed by atoms with Crippen LogP contribution in [0.15, 0.2) is 124 Å². The zero-order valence-electron chi connectivity index (χ0n) is 26.0. The molecule has 0 saturated heterocycles. The van der Waals surface area contributed by atoms with Crippen LogP contribution in [0.5, 0.6) is 0 Å². The first-order valence-electron chi connectivity index (χ1n) is 15.3. The average Bonchev–Trinajstić information content (AvgIpc) is 3.62. The van der Waals surface area contributed by atoms with Crippen LogP contribution in [0, 0.1) is 0 Å². The molecular weight excluding hydrogens is 681 g/mol. The topological polar surface area (TPSA) is 65.6 Å². The largest absolute Gasteiger partial charge is 0.463 e. The van der Waals surface area contributed by atoms with Gasteiger partial charge in [0, 0.05) is 39.7 Å². The van der Waals surface area contributed by atoms with Crippen LogP contribution in [-0.4, -0.2) is 28.0 Å². The first-order valence-corrected chi connectivity index (χ1v) is 18.1. The van der Waals surface area contributed by atoms with E-state index in [9.17, 15) is 9.59 Å². The number of thioether (sulfide) groups is 1. The molecule has 48 heavy (non-hydrogen) atoms. The van der Waals surface area contributed by atoms with E-state index in [-0.39, 0.29) is 12.2 Å². The molecule has 0 N–H and O–H groups in total. The molecule has 10 heteroatoms. The first-order chi connectivity index (χ1) is 23.4. The minimum Gasteiger partial charge on any atom is -0.463 e. The molecule has 1 aliphatic rings. The summed E-state index contributed by atoms with van der Waals surface area (Å²) < 4.78 is 9.89. The summed E-state index contributed by atoms with van der Waals surface area (Å²) in [5, 5.41) is 2.01. The quantitative estimate of drug-likeness (QED) is 0.119. The molecule has 240 valence electrons. The van der Waals surface area contributed by atoms with Gasteiger partial charge in [0.15, 0.2) is 4.80 Å². The number of halogens is 2. The van der Waals surface area contributed by atoms with E-state index >= 15 is 0 Å². The molecule has 6 aromatic rings. The Morgan fingerprint density at radius 3 is 2.46 bits per heavy atom. The molecule has 4 aromatic carbocycles. The molecule has 0 spiro atoms. The van der Waals surface area contributed by atoms with Gasteiger partial charge in [-0.25, -0.2) is 9.79 Å². The van der Waals surface area contributed by atoms with Crippen LogP contribution in [0.4, 0.5) is 0 Å². The fraction of sp³-hybridized carbons (Fsp3) is 0.132. The summed E-state index contributed by atoms with van der Waals surface area (Å²) in [4.78, 5) is 34.8. The first kappa shape index (κ1) is 32.2. The number of benzene rings is 4. The molecule has 0 aliphatic carbocycles. The van der Waals surface area contributed by atoms with E-state index in [1.165, 1.54) is 11.3 Å². The van der Waals surface area contributed by atoms with Gasteiger partial charge < -0.3 is 9.30 Å². The second-order valence-electron chi connectivity index (χ2n) is 11.2. The molecule has 7 rings (SSSR count). The second kappa shape index (κ2) is 13.6. The van der Waals surface area contributed by atoms with Crippen molar-refractivity contribution < 1.29 is 9.53 Å². The molecule has 0 amide bonds. The van der Waals surface area contributed by atoms with Gasteiger partial charge in [-0.15, -0.1) is 11.8 Å². The second-order valence-corrected chi connectivity index (χ2v) is 13.9. The Bertz CT molecular complexity index is 2390. The number of aromatic nitrogens is 2. The Morgan fingerprint density at radius 2 is 1.73 bits per heavy atom. The third-order valence-electron chi connectivity index (χ3n) is 8.25. The van der Waals surface area contributed by atoms with Gasteiger partial charge in [-0.2, -0.15) is 0 Å². The van der Waals surface area contributed by atoms with Crippen molar-refractivity contribution in [2.75, 3.05) is 12.9 Å². The number of fused-ring (bicyclic) bond motifs is 2. The molecule has 0 bridgehead atoms.